The molecule has 0 saturated carbocycles. The lowest BCUT2D eigenvalue weighted by molar-refractivity contribution is 0.231. The molecular weight excluding hydrogens is 486 g/mol. The van der Waals surface area contributed by atoms with E-state index in [1.165, 1.54) is 16.9 Å². The Hall–Kier alpha value is -2.89. The van der Waals surface area contributed by atoms with Crippen LogP contribution in [-0.4, -0.2) is 49.3 Å². The molecule has 3 aromatic rings. The Kier molecular flexibility index (Phi) is 5.58. The van der Waals surface area contributed by atoms with Crippen LogP contribution in [0.25, 0.3) is 11.1 Å². The standard InChI is InChI=1S/C24H27N5O4S2/c1-28-10-8-20-16(14-28)12-21(34-20)35(31,32)27-24(30)26-22-17-5-2-4-15(17)6-7-18(22)19-13-25-29-9-3-11-33-23(19)29/h6-7,12-13H,2-5,8-11,14H2,1H3,(H2,26,27,30). The van der Waals surface area contributed by atoms with Crippen molar-refractivity contribution in [3.05, 3.63) is 46.0 Å². The number of ether oxygens (including phenoxy) is 1. The number of aryl methyl sites for hydroxylation is 2. The van der Waals surface area contributed by atoms with E-state index in [0.29, 0.717) is 24.7 Å². The van der Waals surface area contributed by atoms with E-state index < -0.39 is 16.1 Å². The van der Waals surface area contributed by atoms with E-state index in [9.17, 15) is 13.2 Å². The fourth-order valence-corrected chi connectivity index (χ4v) is 7.63. The number of likely N-dealkylation sites (N-methyl/N-ethyl adjacent to an activating group) is 1. The quantitative estimate of drug-likeness (QED) is 0.554. The Labute approximate surface area is 208 Å². The summed E-state index contributed by atoms with van der Waals surface area (Å²) < 4.78 is 36.2. The van der Waals surface area contributed by atoms with Crippen LogP contribution in [0, 0.1) is 0 Å². The molecular formula is C24H27N5O4S2. The van der Waals surface area contributed by atoms with Gasteiger partial charge in [0.25, 0.3) is 10.0 Å². The van der Waals surface area contributed by atoms with Gasteiger partial charge in [-0.25, -0.2) is 22.6 Å². The molecule has 1 aliphatic carbocycles. The number of hydrogen-bond donors (Lipinski definition) is 2. The number of sulfonamides is 1. The number of urea groups is 1. The first kappa shape index (κ1) is 22.6. The van der Waals surface area contributed by atoms with Crippen LogP contribution < -0.4 is 14.8 Å². The molecule has 4 heterocycles. The molecule has 2 N–H and O–H groups in total. The molecule has 35 heavy (non-hydrogen) atoms. The Morgan fingerprint density at radius 1 is 1.11 bits per heavy atom. The maximum absolute atomic E-state index is 13.1. The number of thiophene rings is 1. The monoisotopic (exact) mass is 513 g/mol. The van der Waals surface area contributed by atoms with Gasteiger partial charge in [-0.3, -0.25) is 0 Å². The lowest BCUT2D eigenvalue weighted by Gasteiger charge is -2.21. The van der Waals surface area contributed by atoms with Crippen molar-refractivity contribution in [3.8, 4) is 17.0 Å². The molecule has 2 amide bonds. The van der Waals surface area contributed by atoms with Gasteiger partial charge in [-0.1, -0.05) is 12.1 Å². The SMILES string of the molecule is CN1CCc2sc(S(=O)(=O)NC(=O)Nc3c(-c4cnn5c4OCCC5)ccc4c3CCC4)cc2C1. The van der Waals surface area contributed by atoms with E-state index in [1.54, 1.807) is 12.3 Å². The van der Waals surface area contributed by atoms with Crippen LogP contribution >= 0.6 is 11.3 Å². The molecule has 0 atom stereocenters. The van der Waals surface area contributed by atoms with Crippen LogP contribution in [0.3, 0.4) is 0 Å². The average molecular weight is 514 g/mol. The van der Waals surface area contributed by atoms with Crippen LogP contribution in [0.5, 0.6) is 5.88 Å². The van der Waals surface area contributed by atoms with Crippen LogP contribution in [0.2, 0.25) is 0 Å². The fourth-order valence-electron chi connectivity index (χ4n) is 5.18. The summed E-state index contributed by atoms with van der Waals surface area (Å²) in [5.74, 6) is 0.680. The van der Waals surface area contributed by atoms with E-state index in [2.05, 4.69) is 26.1 Å². The number of hydrogen-bond acceptors (Lipinski definition) is 7. The largest absolute Gasteiger partial charge is 0.477 e. The van der Waals surface area contributed by atoms with Gasteiger partial charge in [-0.15, -0.1) is 11.3 Å². The summed E-state index contributed by atoms with van der Waals surface area (Å²) in [4.78, 5) is 16.3. The molecule has 6 rings (SSSR count). The van der Waals surface area contributed by atoms with Gasteiger partial charge >= 0.3 is 6.03 Å². The van der Waals surface area contributed by atoms with Crippen LogP contribution in [0.4, 0.5) is 10.5 Å². The molecule has 9 nitrogen and oxygen atoms in total. The predicted molar refractivity (Wildman–Crippen MR) is 133 cm³/mol. The Balaban J connectivity index is 1.30. The van der Waals surface area contributed by atoms with Gasteiger partial charge < -0.3 is 15.0 Å². The molecule has 0 saturated heterocycles. The zero-order valence-corrected chi connectivity index (χ0v) is 21.1. The second kappa shape index (κ2) is 8.65. The number of anilines is 1. The van der Waals surface area contributed by atoms with E-state index in [-0.39, 0.29) is 4.21 Å². The smallest absolute Gasteiger partial charge is 0.333 e. The number of amides is 2. The van der Waals surface area contributed by atoms with E-state index >= 15 is 0 Å². The van der Waals surface area contributed by atoms with Crippen LogP contribution in [0.15, 0.2) is 28.6 Å². The van der Waals surface area contributed by atoms with Crippen LogP contribution in [-0.2, 0) is 42.4 Å². The Morgan fingerprint density at radius 3 is 2.89 bits per heavy atom. The minimum absolute atomic E-state index is 0.172. The molecule has 0 bridgehead atoms. The third-order valence-electron chi connectivity index (χ3n) is 6.88. The van der Waals surface area contributed by atoms with Crippen molar-refractivity contribution in [2.24, 2.45) is 0 Å². The third-order valence-corrected chi connectivity index (χ3v) is 9.92. The maximum Gasteiger partial charge on any atom is 0.333 e. The molecule has 0 spiro atoms. The highest BCUT2D eigenvalue weighted by atomic mass is 32.2. The number of carbonyl (C=O) groups excluding carboxylic acids is 1. The second-order valence-corrected chi connectivity index (χ2v) is 12.4. The van der Waals surface area contributed by atoms with Crippen molar-refractivity contribution in [1.82, 2.24) is 19.4 Å². The highest BCUT2D eigenvalue weighted by molar-refractivity contribution is 7.92. The lowest BCUT2D eigenvalue weighted by Crippen LogP contribution is -2.34. The van der Waals surface area contributed by atoms with E-state index in [4.69, 9.17) is 4.74 Å². The molecule has 184 valence electrons. The molecule has 0 radical (unpaired) electrons. The lowest BCUT2D eigenvalue weighted by atomic mass is 9.99. The first-order valence-electron chi connectivity index (χ1n) is 11.9. The normalized spacial score (nSPS) is 17.3. The fraction of sp³-hybridized carbons (Fsp3) is 0.417. The summed E-state index contributed by atoms with van der Waals surface area (Å²) in [6.07, 6.45) is 6.21. The van der Waals surface area contributed by atoms with Gasteiger partial charge in [-0.2, -0.15) is 5.10 Å². The van der Waals surface area contributed by atoms with Crippen molar-refractivity contribution in [2.45, 2.75) is 49.4 Å². The van der Waals surface area contributed by atoms with Crippen LogP contribution in [0.1, 0.15) is 34.4 Å². The Morgan fingerprint density at radius 2 is 2.00 bits per heavy atom. The van der Waals surface area contributed by atoms with Gasteiger partial charge in [0.15, 0.2) is 0 Å². The van der Waals surface area contributed by atoms with Crippen molar-refractivity contribution in [3.63, 3.8) is 0 Å². The minimum Gasteiger partial charge on any atom is -0.477 e. The van der Waals surface area contributed by atoms with Crippen molar-refractivity contribution < 1.29 is 17.9 Å². The zero-order chi connectivity index (χ0) is 24.2. The minimum atomic E-state index is -3.99. The number of benzene rings is 1. The van der Waals surface area contributed by atoms with Gasteiger partial charge in [0, 0.05) is 36.5 Å². The first-order valence-corrected chi connectivity index (χ1v) is 14.2. The molecule has 2 aromatic heterocycles. The van der Waals surface area contributed by atoms with E-state index in [1.807, 2.05) is 17.8 Å². The topological polar surface area (TPSA) is 106 Å². The summed E-state index contributed by atoms with van der Waals surface area (Å²) in [6.45, 7) is 3.00. The second-order valence-electron chi connectivity index (χ2n) is 9.33. The molecule has 0 unspecified atom stereocenters. The molecule has 2 aliphatic heterocycles. The van der Waals surface area contributed by atoms with Crippen molar-refractivity contribution in [1.29, 1.82) is 0 Å². The van der Waals surface area contributed by atoms with Gasteiger partial charge in [0.2, 0.25) is 5.88 Å². The Bertz CT molecular complexity index is 1430. The molecule has 3 aliphatic rings. The van der Waals surface area contributed by atoms with Gasteiger partial charge in [0.05, 0.1) is 24.1 Å². The summed E-state index contributed by atoms with van der Waals surface area (Å²) in [7, 11) is -1.98. The predicted octanol–water partition coefficient (Wildman–Crippen LogP) is 3.38. The molecule has 11 heteroatoms. The van der Waals surface area contributed by atoms with E-state index in [0.717, 1.165) is 72.3 Å². The van der Waals surface area contributed by atoms with Gasteiger partial charge in [0.1, 0.15) is 4.21 Å². The summed E-state index contributed by atoms with van der Waals surface area (Å²) >= 11 is 1.24. The first-order chi connectivity index (χ1) is 16.9. The maximum atomic E-state index is 13.1. The highest BCUT2D eigenvalue weighted by Crippen LogP contribution is 2.41. The number of fused-ring (bicyclic) bond motifs is 3. The number of carbonyl (C=O) groups is 1. The number of nitrogens with one attached hydrogen (secondary N) is 2. The molecule has 1 aromatic carbocycles. The highest BCUT2D eigenvalue weighted by Gasteiger charge is 2.28. The molecule has 0 fully saturated rings. The zero-order valence-electron chi connectivity index (χ0n) is 19.5. The third kappa shape index (κ3) is 4.11. The number of aromatic nitrogens is 2. The van der Waals surface area contributed by atoms with Crippen molar-refractivity contribution >= 4 is 33.1 Å². The summed E-state index contributed by atoms with van der Waals surface area (Å²) in [6, 6.07) is 4.97. The van der Waals surface area contributed by atoms with Crippen molar-refractivity contribution in [2.75, 3.05) is 25.5 Å². The summed E-state index contributed by atoms with van der Waals surface area (Å²) in [5.41, 5.74) is 5.44. The number of rotatable bonds is 4. The summed E-state index contributed by atoms with van der Waals surface area (Å²) in [5, 5.41) is 7.32. The van der Waals surface area contributed by atoms with Gasteiger partial charge in [-0.05, 0) is 55.5 Å². The number of nitrogens with zero attached hydrogens (tertiary/aromatic N) is 3. The average Bonchev–Trinajstić information content (AvgIpc) is 3.56.